The largest absolute Gasteiger partial charge is 0.462 e. The van der Waals surface area contributed by atoms with E-state index in [0.717, 1.165) is 11.3 Å². The smallest absolute Gasteiger partial charge is 0.351 e. The second-order valence-electron chi connectivity index (χ2n) is 6.54. The zero-order valence-corrected chi connectivity index (χ0v) is 18.1. The van der Waals surface area contributed by atoms with Gasteiger partial charge in [-0.1, -0.05) is 19.9 Å². The van der Waals surface area contributed by atoms with Gasteiger partial charge >= 0.3 is 5.97 Å². The number of hydrogen-bond donors (Lipinski definition) is 2. The maximum atomic E-state index is 12.7. The molecule has 0 saturated carbocycles. The lowest BCUT2D eigenvalue weighted by Crippen LogP contribution is -2.32. The molecule has 0 radical (unpaired) electrons. The highest BCUT2D eigenvalue weighted by atomic mass is 32.1. The van der Waals surface area contributed by atoms with E-state index in [4.69, 9.17) is 4.74 Å². The summed E-state index contributed by atoms with van der Waals surface area (Å²) in [5.74, 6) is -0.991. The minimum Gasteiger partial charge on any atom is -0.462 e. The Morgan fingerprint density at radius 3 is 2.60 bits per heavy atom. The Morgan fingerprint density at radius 1 is 1.30 bits per heavy atom. The molecule has 2 N–H and O–H groups in total. The van der Waals surface area contributed by atoms with Crippen LogP contribution >= 0.6 is 11.3 Å². The molecule has 9 heteroatoms. The Bertz CT molecular complexity index is 1150. The minimum absolute atomic E-state index is 0.0941. The van der Waals surface area contributed by atoms with Gasteiger partial charge in [0.05, 0.1) is 6.61 Å². The zero-order chi connectivity index (χ0) is 22.3. The molecule has 0 aliphatic rings. The molecular formula is C21H24N4O4S. The van der Waals surface area contributed by atoms with E-state index in [1.807, 2.05) is 6.07 Å². The summed E-state index contributed by atoms with van der Waals surface area (Å²) in [5.41, 5.74) is 0.793. The summed E-state index contributed by atoms with van der Waals surface area (Å²) in [4.78, 5) is 36.6. The van der Waals surface area contributed by atoms with E-state index in [9.17, 15) is 19.6 Å². The molecule has 0 aliphatic heterocycles. The SMILES string of the molecule is CCOC(=O)C(C#N)=c1sc(=CNc2cccc(NC(=O)C(C)C)c2)c(=O)n1CC. The summed E-state index contributed by atoms with van der Waals surface area (Å²) in [6.07, 6.45) is 1.52. The first kappa shape index (κ1) is 22.9. The van der Waals surface area contributed by atoms with Gasteiger partial charge in [-0.2, -0.15) is 5.26 Å². The van der Waals surface area contributed by atoms with Crippen molar-refractivity contribution in [1.29, 1.82) is 5.26 Å². The van der Waals surface area contributed by atoms with Gasteiger partial charge in [0.2, 0.25) is 5.91 Å². The molecule has 0 spiro atoms. The van der Waals surface area contributed by atoms with E-state index in [-0.39, 0.29) is 34.2 Å². The van der Waals surface area contributed by atoms with E-state index in [1.165, 1.54) is 10.8 Å². The molecule has 0 atom stereocenters. The third-order valence-corrected chi connectivity index (χ3v) is 5.18. The van der Waals surface area contributed by atoms with Crippen molar-refractivity contribution in [1.82, 2.24) is 4.57 Å². The fourth-order valence-corrected chi connectivity index (χ4v) is 3.58. The lowest BCUT2D eigenvalue weighted by Gasteiger charge is -2.09. The molecule has 2 aromatic rings. The van der Waals surface area contributed by atoms with Crippen LogP contribution in [0.3, 0.4) is 0 Å². The summed E-state index contributed by atoms with van der Waals surface area (Å²) in [6, 6.07) is 8.93. The highest BCUT2D eigenvalue weighted by Crippen LogP contribution is 2.15. The maximum Gasteiger partial charge on any atom is 0.351 e. The highest BCUT2D eigenvalue weighted by molar-refractivity contribution is 7.07. The fraction of sp³-hybridized carbons (Fsp3) is 0.333. The van der Waals surface area contributed by atoms with Crippen LogP contribution in [-0.2, 0) is 20.9 Å². The van der Waals surface area contributed by atoms with Crippen molar-refractivity contribution in [2.45, 2.75) is 34.2 Å². The first-order chi connectivity index (χ1) is 14.3. The molecule has 2 rings (SSSR count). The third-order valence-electron chi connectivity index (χ3n) is 4.05. The van der Waals surface area contributed by atoms with Crippen LogP contribution in [0.2, 0.25) is 0 Å². The van der Waals surface area contributed by atoms with Crippen LogP contribution in [0.4, 0.5) is 11.4 Å². The van der Waals surface area contributed by atoms with E-state index in [0.29, 0.717) is 22.5 Å². The van der Waals surface area contributed by atoms with E-state index >= 15 is 0 Å². The number of nitrogens with zero attached hydrogens (tertiary/aromatic N) is 2. The van der Waals surface area contributed by atoms with Gasteiger partial charge in [0, 0.05) is 30.0 Å². The minimum atomic E-state index is -0.753. The predicted molar refractivity (Wildman–Crippen MR) is 117 cm³/mol. The lowest BCUT2D eigenvalue weighted by atomic mass is 10.2. The summed E-state index contributed by atoms with van der Waals surface area (Å²) in [6.45, 7) is 7.46. The molecular weight excluding hydrogens is 404 g/mol. The highest BCUT2D eigenvalue weighted by Gasteiger charge is 2.16. The van der Waals surface area contributed by atoms with Gasteiger partial charge in [-0.05, 0) is 32.0 Å². The number of carbonyl (C=O) groups excluding carboxylic acids is 2. The standard InChI is InChI=1S/C21H24N4O4S/c1-5-25-19(27)17(30-20(25)16(11-22)21(28)29-6-2)12-23-14-8-7-9-15(10-14)24-18(26)13(3)4/h7-10,12-13,23H,5-6H2,1-4H3,(H,24,26). The van der Waals surface area contributed by atoms with Crippen LogP contribution in [-0.4, -0.2) is 23.1 Å². The van der Waals surface area contributed by atoms with Crippen molar-refractivity contribution in [3.8, 4) is 6.07 Å². The van der Waals surface area contributed by atoms with Gasteiger partial charge in [0.15, 0.2) is 5.57 Å². The molecule has 1 aromatic carbocycles. The Balaban J connectivity index is 2.44. The topological polar surface area (TPSA) is 113 Å². The number of nitrogens with one attached hydrogen (secondary N) is 2. The Morgan fingerprint density at radius 2 is 2.00 bits per heavy atom. The number of aromatic nitrogens is 1. The number of thiazole rings is 1. The normalized spacial score (nSPS) is 12.3. The van der Waals surface area contributed by atoms with Crippen LogP contribution in [0.1, 0.15) is 27.7 Å². The summed E-state index contributed by atoms with van der Waals surface area (Å²) in [7, 11) is 0. The Labute approximate surface area is 178 Å². The predicted octanol–water partition coefficient (Wildman–Crippen LogP) is 1.61. The average molecular weight is 429 g/mol. The number of benzene rings is 1. The third kappa shape index (κ3) is 5.36. The first-order valence-electron chi connectivity index (χ1n) is 9.51. The van der Waals surface area contributed by atoms with Gasteiger partial charge in [-0.25, -0.2) is 4.79 Å². The van der Waals surface area contributed by atoms with Crippen molar-refractivity contribution < 1.29 is 14.3 Å². The molecule has 0 aliphatic carbocycles. The number of ether oxygens (including phenoxy) is 1. The molecule has 1 aromatic heterocycles. The summed E-state index contributed by atoms with van der Waals surface area (Å²) < 4.78 is 6.88. The van der Waals surface area contributed by atoms with Crippen LogP contribution < -0.4 is 25.4 Å². The number of esters is 1. The van der Waals surface area contributed by atoms with Gasteiger partial charge < -0.3 is 15.4 Å². The summed E-state index contributed by atoms with van der Waals surface area (Å²) in [5, 5.41) is 15.2. The molecule has 0 unspecified atom stereocenters. The second kappa shape index (κ2) is 10.4. The molecule has 0 bridgehead atoms. The van der Waals surface area contributed by atoms with E-state index in [1.54, 1.807) is 52.0 Å². The Hall–Kier alpha value is -3.38. The van der Waals surface area contributed by atoms with Crippen molar-refractivity contribution in [2.24, 2.45) is 5.92 Å². The monoisotopic (exact) mass is 428 g/mol. The van der Waals surface area contributed by atoms with Crippen molar-refractivity contribution >= 4 is 46.4 Å². The van der Waals surface area contributed by atoms with Crippen LogP contribution in [0.25, 0.3) is 11.8 Å². The van der Waals surface area contributed by atoms with E-state index in [2.05, 4.69) is 10.6 Å². The second-order valence-corrected chi connectivity index (χ2v) is 7.57. The number of amides is 1. The van der Waals surface area contributed by atoms with Crippen LogP contribution in [0.5, 0.6) is 0 Å². The molecule has 1 amide bonds. The first-order valence-corrected chi connectivity index (χ1v) is 10.3. The molecule has 1 heterocycles. The van der Waals surface area contributed by atoms with Gasteiger partial charge in [-0.3, -0.25) is 14.2 Å². The van der Waals surface area contributed by atoms with Gasteiger partial charge in [0.1, 0.15) is 15.3 Å². The number of rotatable bonds is 7. The fourth-order valence-electron chi connectivity index (χ4n) is 2.50. The van der Waals surface area contributed by atoms with E-state index < -0.39 is 5.97 Å². The lowest BCUT2D eigenvalue weighted by molar-refractivity contribution is -0.136. The van der Waals surface area contributed by atoms with Crippen molar-refractivity contribution in [2.75, 3.05) is 17.2 Å². The molecule has 30 heavy (non-hydrogen) atoms. The quantitative estimate of drug-likeness (QED) is 0.648. The molecule has 8 nitrogen and oxygen atoms in total. The zero-order valence-electron chi connectivity index (χ0n) is 17.3. The summed E-state index contributed by atoms with van der Waals surface area (Å²) >= 11 is 1.04. The molecule has 0 fully saturated rings. The van der Waals surface area contributed by atoms with Crippen molar-refractivity contribution in [3.05, 3.63) is 43.8 Å². The van der Waals surface area contributed by atoms with Gasteiger partial charge in [0.25, 0.3) is 5.56 Å². The molecule has 158 valence electrons. The Kier molecular flexibility index (Phi) is 7.95. The van der Waals surface area contributed by atoms with Gasteiger partial charge in [-0.15, -0.1) is 11.3 Å². The van der Waals surface area contributed by atoms with Crippen LogP contribution in [0.15, 0.2) is 29.1 Å². The van der Waals surface area contributed by atoms with Crippen LogP contribution in [0, 0.1) is 17.2 Å². The molecule has 0 saturated heterocycles. The number of anilines is 2. The number of carbonyl (C=O) groups is 2. The number of hydrogen-bond acceptors (Lipinski definition) is 7. The maximum absolute atomic E-state index is 12.7. The van der Waals surface area contributed by atoms with Crippen molar-refractivity contribution in [3.63, 3.8) is 0 Å². The average Bonchev–Trinajstić information content (AvgIpc) is 3.02. The number of nitriles is 1.